The van der Waals surface area contributed by atoms with Crippen LogP contribution in [0.4, 0.5) is 5.69 Å². The number of rotatable bonds is 4. The SMILES string of the molecule is CSc1ccccc1NCc1c(C)nc2sccn12. The van der Waals surface area contributed by atoms with Crippen LogP contribution < -0.4 is 5.32 Å². The van der Waals surface area contributed by atoms with Gasteiger partial charge in [-0.3, -0.25) is 4.40 Å². The van der Waals surface area contributed by atoms with E-state index in [2.05, 4.69) is 63.7 Å². The van der Waals surface area contributed by atoms with Crippen molar-refractivity contribution in [2.24, 2.45) is 0 Å². The molecule has 0 aliphatic rings. The Bertz CT molecular complexity index is 700. The Morgan fingerprint density at radius 2 is 2.21 bits per heavy atom. The maximum absolute atomic E-state index is 4.56. The molecule has 0 aliphatic carbocycles. The number of thiazole rings is 1. The molecule has 98 valence electrons. The fourth-order valence-electron chi connectivity index (χ4n) is 2.12. The molecular weight excluding hydrogens is 274 g/mol. The first kappa shape index (κ1) is 12.6. The average molecular weight is 289 g/mol. The highest BCUT2D eigenvalue weighted by atomic mass is 32.2. The number of aryl methyl sites for hydroxylation is 1. The molecule has 2 heterocycles. The molecule has 0 saturated heterocycles. The highest BCUT2D eigenvalue weighted by Gasteiger charge is 2.09. The minimum Gasteiger partial charge on any atom is -0.378 e. The van der Waals surface area contributed by atoms with E-state index in [1.165, 1.54) is 16.3 Å². The van der Waals surface area contributed by atoms with Gasteiger partial charge < -0.3 is 5.32 Å². The highest BCUT2D eigenvalue weighted by molar-refractivity contribution is 7.98. The van der Waals surface area contributed by atoms with Gasteiger partial charge in [0, 0.05) is 22.2 Å². The van der Waals surface area contributed by atoms with Gasteiger partial charge in [-0.05, 0) is 25.3 Å². The lowest BCUT2D eigenvalue weighted by Gasteiger charge is -2.10. The third-order valence-corrected chi connectivity index (χ3v) is 4.67. The van der Waals surface area contributed by atoms with Gasteiger partial charge in [0.25, 0.3) is 0 Å². The van der Waals surface area contributed by atoms with E-state index in [0.29, 0.717) is 0 Å². The minimum atomic E-state index is 0.793. The van der Waals surface area contributed by atoms with Crippen LogP contribution >= 0.6 is 23.1 Å². The molecule has 1 aromatic carbocycles. The fourth-order valence-corrected chi connectivity index (χ4v) is 3.48. The van der Waals surface area contributed by atoms with Gasteiger partial charge in [-0.25, -0.2) is 4.98 Å². The van der Waals surface area contributed by atoms with Crippen LogP contribution in [0.15, 0.2) is 40.7 Å². The predicted octanol–water partition coefficient (Wildman–Crippen LogP) is 4.04. The van der Waals surface area contributed by atoms with Gasteiger partial charge in [-0.1, -0.05) is 12.1 Å². The van der Waals surface area contributed by atoms with E-state index in [1.54, 1.807) is 23.1 Å². The summed E-state index contributed by atoms with van der Waals surface area (Å²) in [5.41, 5.74) is 3.51. The van der Waals surface area contributed by atoms with Crippen LogP contribution in [0.2, 0.25) is 0 Å². The lowest BCUT2D eigenvalue weighted by molar-refractivity contribution is 0.989. The van der Waals surface area contributed by atoms with Crippen LogP contribution in [0.3, 0.4) is 0 Å². The van der Waals surface area contributed by atoms with Crippen molar-refractivity contribution in [1.29, 1.82) is 0 Å². The van der Waals surface area contributed by atoms with Crippen molar-refractivity contribution in [2.75, 3.05) is 11.6 Å². The van der Waals surface area contributed by atoms with E-state index in [1.807, 2.05) is 0 Å². The van der Waals surface area contributed by atoms with Crippen LogP contribution in [0, 0.1) is 6.92 Å². The molecule has 0 aliphatic heterocycles. The van der Waals surface area contributed by atoms with Crippen LogP contribution in [0.5, 0.6) is 0 Å². The molecule has 3 rings (SSSR count). The number of nitrogens with zero attached hydrogens (tertiary/aromatic N) is 2. The first-order valence-corrected chi connectivity index (χ1v) is 8.18. The molecule has 2 aromatic heterocycles. The number of hydrogen-bond acceptors (Lipinski definition) is 4. The van der Waals surface area contributed by atoms with Crippen molar-refractivity contribution in [2.45, 2.75) is 18.4 Å². The van der Waals surface area contributed by atoms with E-state index in [0.717, 1.165) is 17.2 Å². The topological polar surface area (TPSA) is 29.3 Å². The molecule has 3 aromatic rings. The number of para-hydroxylation sites is 1. The zero-order chi connectivity index (χ0) is 13.2. The molecular formula is C14H15N3S2. The zero-order valence-electron chi connectivity index (χ0n) is 10.9. The summed E-state index contributed by atoms with van der Waals surface area (Å²) in [6, 6.07) is 8.38. The summed E-state index contributed by atoms with van der Waals surface area (Å²) in [4.78, 5) is 6.90. The largest absolute Gasteiger partial charge is 0.378 e. The van der Waals surface area contributed by atoms with Gasteiger partial charge in [0.1, 0.15) is 0 Å². The first-order chi connectivity index (χ1) is 9.29. The zero-order valence-corrected chi connectivity index (χ0v) is 12.5. The van der Waals surface area contributed by atoms with Crippen LogP contribution in [-0.2, 0) is 6.54 Å². The lowest BCUT2D eigenvalue weighted by Crippen LogP contribution is -2.04. The number of anilines is 1. The number of fused-ring (bicyclic) bond motifs is 1. The van der Waals surface area contributed by atoms with E-state index in [4.69, 9.17) is 0 Å². The molecule has 0 fully saturated rings. The third-order valence-electron chi connectivity index (χ3n) is 3.11. The van der Waals surface area contributed by atoms with Crippen LogP contribution in [-0.4, -0.2) is 15.6 Å². The van der Waals surface area contributed by atoms with Crippen molar-refractivity contribution in [3.63, 3.8) is 0 Å². The summed E-state index contributed by atoms with van der Waals surface area (Å²) in [5.74, 6) is 0. The Kier molecular flexibility index (Phi) is 3.48. The van der Waals surface area contributed by atoms with E-state index >= 15 is 0 Å². The maximum atomic E-state index is 4.56. The van der Waals surface area contributed by atoms with Crippen LogP contribution in [0.1, 0.15) is 11.4 Å². The smallest absolute Gasteiger partial charge is 0.194 e. The molecule has 3 nitrogen and oxygen atoms in total. The Morgan fingerprint density at radius 1 is 1.37 bits per heavy atom. The first-order valence-electron chi connectivity index (χ1n) is 6.07. The van der Waals surface area contributed by atoms with Crippen LogP contribution in [0.25, 0.3) is 4.96 Å². The molecule has 0 spiro atoms. The molecule has 5 heteroatoms. The second-order valence-electron chi connectivity index (χ2n) is 4.25. The molecule has 1 N–H and O–H groups in total. The third kappa shape index (κ3) is 2.35. The Morgan fingerprint density at radius 3 is 3.05 bits per heavy atom. The normalized spacial score (nSPS) is 11.1. The van der Waals surface area contributed by atoms with Gasteiger partial charge in [0.05, 0.1) is 17.9 Å². The molecule has 0 atom stereocenters. The monoisotopic (exact) mass is 289 g/mol. The van der Waals surface area contributed by atoms with E-state index < -0.39 is 0 Å². The van der Waals surface area contributed by atoms with Crippen molar-refractivity contribution >= 4 is 33.7 Å². The molecule has 0 amide bonds. The maximum Gasteiger partial charge on any atom is 0.194 e. The highest BCUT2D eigenvalue weighted by Crippen LogP contribution is 2.25. The van der Waals surface area contributed by atoms with Crippen molar-refractivity contribution in [1.82, 2.24) is 9.38 Å². The quantitative estimate of drug-likeness (QED) is 0.735. The number of aromatic nitrogens is 2. The van der Waals surface area contributed by atoms with E-state index in [-0.39, 0.29) is 0 Å². The predicted molar refractivity (Wildman–Crippen MR) is 83.4 cm³/mol. The Hall–Kier alpha value is -1.46. The number of benzene rings is 1. The summed E-state index contributed by atoms with van der Waals surface area (Å²) in [7, 11) is 0. The van der Waals surface area contributed by atoms with Gasteiger partial charge in [-0.15, -0.1) is 23.1 Å². The van der Waals surface area contributed by atoms with Gasteiger partial charge in [-0.2, -0.15) is 0 Å². The number of thioether (sulfide) groups is 1. The fraction of sp³-hybridized carbons (Fsp3) is 0.214. The second-order valence-corrected chi connectivity index (χ2v) is 5.97. The summed E-state index contributed by atoms with van der Waals surface area (Å²) in [5, 5.41) is 5.58. The van der Waals surface area contributed by atoms with Crippen molar-refractivity contribution in [3.8, 4) is 0 Å². The Labute approximate surface area is 120 Å². The van der Waals surface area contributed by atoms with Crippen molar-refractivity contribution < 1.29 is 0 Å². The average Bonchev–Trinajstić information content (AvgIpc) is 2.98. The lowest BCUT2D eigenvalue weighted by atomic mass is 10.3. The summed E-state index contributed by atoms with van der Waals surface area (Å²) in [6.07, 6.45) is 4.18. The number of imidazole rings is 1. The molecule has 0 unspecified atom stereocenters. The minimum absolute atomic E-state index is 0.793. The molecule has 0 bridgehead atoms. The van der Waals surface area contributed by atoms with Gasteiger partial charge >= 0.3 is 0 Å². The summed E-state index contributed by atoms with van der Waals surface area (Å²) < 4.78 is 2.16. The molecule has 0 saturated carbocycles. The standard InChI is InChI=1S/C14H15N3S2/c1-10-12(17-7-8-19-14(17)16-10)9-15-11-5-3-4-6-13(11)18-2/h3-8,15H,9H2,1-2H3. The summed E-state index contributed by atoms with van der Waals surface area (Å²) >= 11 is 3.43. The number of nitrogens with one attached hydrogen (secondary N) is 1. The van der Waals surface area contributed by atoms with E-state index in [9.17, 15) is 0 Å². The van der Waals surface area contributed by atoms with Gasteiger partial charge in [0.15, 0.2) is 4.96 Å². The molecule has 19 heavy (non-hydrogen) atoms. The molecule has 0 radical (unpaired) electrons. The van der Waals surface area contributed by atoms with Crippen molar-refractivity contribution in [3.05, 3.63) is 47.2 Å². The van der Waals surface area contributed by atoms with Gasteiger partial charge in [0.2, 0.25) is 0 Å². The number of hydrogen-bond donors (Lipinski definition) is 1. The second kappa shape index (κ2) is 5.27. The summed E-state index contributed by atoms with van der Waals surface area (Å²) in [6.45, 7) is 2.86. The Balaban J connectivity index is 1.86.